The van der Waals surface area contributed by atoms with Crippen molar-refractivity contribution in [2.75, 3.05) is 13.2 Å². The van der Waals surface area contributed by atoms with Crippen LogP contribution >= 0.6 is 0 Å². The van der Waals surface area contributed by atoms with Crippen molar-refractivity contribution in [2.45, 2.75) is 166 Å². The predicted octanol–water partition coefficient (Wildman–Crippen LogP) is 3.23. The largest absolute Gasteiger partial charge is 0.397 e. The molecule has 0 aromatic rings. The molecular weight excluding hydrogens is 634 g/mol. The van der Waals surface area contributed by atoms with Crippen molar-refractivity contribution in [3.63, 3.8) is 0 Å². The standard InChI is InChI=1S/C33H61NO12S/c1-3-5-7-9-11-12-13-14-16-18-20-22-27(37)32(40)34-25(26(36)21-19-17-15-10-8-6-4-2)24-44-33-30(39)31(46-47(41,42)43)29(38)28(23-35)45-33/h8,10,19,21,25-31,33,35-39H,3-7,9,11-18,20,22-24H2,1-2H3,(H,34,40)(H,41,42,43)/b10-8+,21-19+. The molecule has 1 rings (SSSR count). The summed E-state index contributed by atoms with van der Waals surface area (Å²) in [5, 5.41) is 54.4. The van der Waals surface area contributed by atoms with E-state index >= 15 is 0 Å². The number of nitrogens with one attached hydrogen (secondary N) is 1. The summed E-state index contributed by atoms with van der Waals surface area (Å²) in [7, 11) is -5.11. The molecule has 1 aliphatic rings. The fourth-order valence-electron chi connectivity index (χ4n) is 5.25. The molecule has 14 heteroatoms. The molecule has 0 spiro atoms. The Balaban J connectivity index is 2.75. The van der Waals surface area contributed by atoms with Gasteiger partial charge < -0.3 is 40.3 Å². The lowest BCUT2D eigenvalue weighted by atomic mass is 9.99. The van der Waals surface area contributed by atoms with Crippen molar-refractivity contribution in [1.29, 1.82) is 0 Å². The fourth-order valence-corrected chi connectivity index (χ4v) is 5.75. The molecule has 1 fully saturated rings. The third-order valence-electron chi connectivity index (χ3n) is 8.07. The first-order valence-corrected chi connectivity index (χ1v) is 18.7. The Morgan fingerprint density at radius 2 is 1.43 bits per heavy atom. The van der Waals surface area contributed by atoms with Crippen molar-refractivity contribution in [2.24, 2.45) is 0 Å². The number of ether oxygens (including phenoxy) is 2. The summed E-state index contributed by atoms with van der Waals surface area (Å²) in [5.74, 6) is -0.720. The zero-order valence-corrected chi connectivity index (χ0v) is 29.0. The van der Waals surface area contributed by atoms with Crippen LogP contribution in [0.2, 0.25) is 0 Å². The van der Waals surface area contributed by atoms with E-state index in [-0.39, 0.29) is 6.42 Å². The summed E-state index contributed by atoms with van der Waals surface area (Å²) in [6.45, 7) is 3.00. The maximum atomic E-state index is 12.9. The lowest BCUT2D eigenvalue weighted by molar-refractivity contribution is -0.298. The van der Waals surface area contributed by atoms with Gasteiger partial charge in [-0.1, -0.05) is 115 Å². The minimum Gasteiger partial charge on any atom is -0.394 e. The van der Waals surface area contributed by atoms with E-state index in [1.165, 1.54) is 51.0 Å². The van der Waals surface area contributed by atoms with Gasteiger partial charge in [0.05, 0.1) is 25.4 Å². The molecule has 47 heavy (non-hydrogen) atoms. The number of carbonyl (C=O) groups excluding carboxylic acids is 1. The molecule has 0 saturated carbocycles. The van der Waals surface area contributed by atoms with E-state index in [1.54, 1.807) is 6.08 Å². The Bertz CT molecular complexity index is 979. The minimum absolute atomic E-state index is 0.238. The minimum atomic E-state index is -5.11. The third kappa shape index (κ3) is 19.4. The molecule has 0 radical (unpaired) electrons. The number of rotatable bonds is 27. The number of aliphatic hydroxyl groups is 5. The van der Waals surface area contributed by atoms with E-state index in [0.717, 1.165) is 38.5 Å². The summed E-state index contributed by atoms with van der Waals surface area (Å²) in [6.07, 6.45) is 11.9. The molecule has 1 aliphatic heterocycles. The van der Waals surface area contributed by atoms with Gasteiger partial charge in [-0.05, 0) is 25.7 Å². The average molecular weight is 696 g/mol. The number of hydrogen-bond donors (Lipinski definition) is 7. The normalized spacial score (nSPS) is 24.1. The van der Waals surface area contributed by atoms with Crippen LogP contribution in [-0.4, -0.2) is 107 Å². The van der Waals surface area contributed by atoms with Gasteiger partial charge in [0, 0.05) is 0 Å². The second kappa shape index (κ2) is 25.5. The van der Waals surface area contributed by atoms with Gasteiger partial charge in [-0.15, -0.1) is 0 Å². The highest BCUT2D eigenvalue weighted by Gasteiger charge is 2.48. The quantitative estimate of drug-likeness (QED) is 0.0375. The highest BCUT2D eigenvalue weighted by molar-refractivity contribution is 7.80. The number of amides is 1. The van der Waals surface area contributed by atoms with Gasteiger partial charge >= 0.3 is 10.4 Å². The summed E-state index contributed by atoms with van der Waals surface area (Å²) >= 11 is 0. The smallest absolute Gasteiger partial charge is 0.394 e. The van der Waals surface area contributed by atoms with Gasteiger partial charge in [0.15, 0.2) is 6.29 Å². The van der Waals surface area contributed by atoms with Crippen LogP contribution in [0.15, 0.2) is 24.3 Å². The van der Waals surface area contributed by atoms with Gasteiger partial charge in [0.25, 0.3) is 0 Å². The molecule has 0 aliphatic carbocycles. The van der Waals surface area contributed by atoms with E-state index in [9.17, 15) is 38.7 Å². The number of carbonyl (C=O) groups is 1. The number of unbranched alkanes of at least 4 members (excludes halogenated alkanes) is 12. The van der Waals surface area contributed by atoms with Crippen molar-refractivity contribution in [3.05, 3.63) is 24.3 Å². The zero-order chi connectivity index (χ0) is 35.1. The molecular formula is C33H61NO12S. The van der Waals surface area contributed by atoms with Crippen molar-refractivity contribution in [3.8, 4) is 0 Å². The Labute approximate surface area is 281 Å². The van der Waals surface area contributed by atoms with Gasteiger partial charge in [-0.25, -0.2) is 4.18 Å². The topological polar surface area (TPSA) is 212 Å². The Kier molecular flexibility index (Phi) is 23.6. The molecule has 1 amide bonds. The lowest BCUT2D eigenvalue weighted by Gasteiger charge is -2.41. The molecule has 0 bridgehead atoms. The summed E-state index contributed by atoms with van der Waals surface area (Å²) in [6, 6.07) is -1.13. The maximum absolute atomic E-state index is 12.9. The molecule has 276 valence electrons. The van der Waals surface area contributed by atoms with E-state index in [4.69, 9.17) is 14.0 Å². The van der Waals surface area contributed by atoms with Crippen molar-refractivity contribution < 1.29 is 57.0 Å². The summed E-state index contributed by atoms with van der Waals surface area (Å²) in [5.41, 5.74) is 0. The molecule has 1 heterocycles. The predicted molar refractivity (Wildman–Crippen MR) is 178 cm³/mol. The van der Waals surface area contributed by atoms with Gasteiger partial charge in [-0.3, -0.25) is 9.35 Å². The number of hydrogen-bond acceptors (Lipinski definition) is 11. The average Bonchev–Trinajstić information content (AvgIpc) is 3.03. The van der Waals surface area contributed by atoms with E-state index < -0.39 is 78.5 Å². The first-order chi connectivity index (χ1) is 22.4. The highest BCUT2D eigenvalue weighted by atomic mass is 32.3. The number of allylic oxidation sites excluding steroid dienone is 3. The van der Waals surface area contributed by atoms with Crippen LogP contribution in [-0.2, 0) is 28.9 Å². The second-order valence-electron chi connectivity index (χ2n) is 12.2. The molecule has 8 unspecified atom stereocenters. The van der Waals surface area contributed by atoms with Crippen LogP contribution in [0.1, 0.15) is 117 Å². The van der Waals surface area contributed by atoms with E-state index in [2.05, 4.69) is 29.4 Å². The molecule has 8 atom stereocenters. The Morgan fingerprint density at radius 3 is 2.00 bits per heavy atom. The van der Waals surface area contributed by atoms with Crippen molar-refractivity contribution in [1.82, 2.24) is 5.32 Å². The number of aliphatic hydroxyl groups excluding tert-OH is 5. The molecule has 7 N–H and O–H groups in total. The molecule has 0 aromatic carbocycles. The van der Waals surface area contributed by atoms with E-state index in [0.29, 0.717) is 12.8 Å². The van der Waals surface area contributed by atoms with Crippen LogP contribution in [0, 0.1) is 0 Å². The first-order valence-electron chi connectivity index (χ1n) is 17.3. The van der Waals surface area contributed by atoms with Crippen molar-refractivity contribution >= 4 is 16.3 Å². The molecule has 13 nitrogen and oxygen atoms in total. The van der Waals surface area contributed by atoms with Crippen LogP contribution in [0.3, 0.4) is 0 Å². The highest BCUT2D eigenvalue weighted by Crippen LogP contribution is 2.26. The van der Waals surface area contributed by atoms with Gasteiger partial charge in [0.1, 0.15) is 30.5 Å². The Morgan fingerprint density at radius 1 is 0.851 bits per heavy atom. The third-order valence-corrected chi connectivity index (χ3v) is 8.54. The SMILES string of the molecule is CCC/C=C/CC/C=C/C(O)C(COC1OC(CO)C(O)C(OS(=O)(=O)O)C1O)NC(=O)C(O)CCCCCCCCCCCCC. The summed E-state index contributed by atoms with van der Waals surface area (Å²) < 4.78 is 47.0. The van der Waals surface area contributed by atoms with Gasteiger partial charge in [-0.2, -0.15) is 8.42 Å². The second-order valence-corrected chi connectivity index (χ2v) is 13.3. The zero-order valence-electron chi connectivity index (χ0n) is 28.2. The van der Waals surface area contributed by atoms with Crippen LogP contribution < -0.4 is 5.32 Å². The van der Waals surface area contributed by atoms with Crippen LogP contribution in [0.5, 0.6) is 0 Å². The van der Waals surface area contributed by atoms with Crippen LogP contribution in [0.4, 0.5) is 0 Å². The lowest BCUT2D eigenvalue weighted by Crippen LogP contribution is -2.61. The molecule has 1 saturated heterocycles. The van der Waals surface area contributed by atoms with Gasteiger partial charge in [0.2, 0.25) is 5.91 Å². The van der Waals surface area contributed by atoms with Crippen LogP contribution in [0.25, 0.3) is 0 Å². The molecule has 0 aromatic heterocycles. The monoisotopic (exact) mass is 695 g/mol. The summed E-state index contributed by atoms with van der Waals surface area (Å²) in [4.78, 5) is 12.9. The maximum Gasteiger partial charge on any atom is 0.397 e. The van der Waals surface area contributed by atoms with E-state index in [1.807, 2.05) is 6.08 Å². The first kappa shape index (κ1) is 43.6. The fraction of sp³-hybridized carbons (Fsp3) is 0.848. The Hall–Kier alpha value is -1.46.